The van der Waals surface area contributed by atoms with Gasteiger partial charge in [0.05, 0.1) is 13.2 Å². The van der Waals surface area contributed by atoms with E-state index < -0.39 is 11.4 Å². The molecule has 118 valence electrons. The molecule has 0 fully saturated rings. The Hall–Kier alpha value is -1.58. The molecule has 0 N–H and O–H groups in total. The Labute approximate surface area is 127 Å². The van der Waals surface area contributed by atoms with Crippen LogP contribution in [0.4, 0.5) is 0 Å². The molecule has 0 saturated carbocycles. The van der Waals surface area contributed by atoms with Gasteiger partial charge >= 0.3 is 5.97 Å². The van der Waals surface area contributed by atoms with Crippen LogP contribution in [0.5, 0.6) is 0 Å². The quantitative estimate of drug-likeness (QED) is 0.443. The zero-order valence-electron chi connectivity index (χ0n) is 13.9. The minimum absolute atomic E-state index is 0.0136. The number of hydrogen-bond donors (Lipinski definition) is 0. The van der Waals surface area contributed by atoms with Crippen molar-refractivity contribution < 1.29 is 19.1 Å². The molecule has 0 bridgehead atoms. The van der Waals surface area contributed by atoms with Crippen molar-refractivity contribution in [3.05, 3.63) is 23.5 Å². The normalized spacial score (nSPS) is 25.4. The zero-order chi connectivity index (χ0) is 16.2. The lowest BCUT2D eigenvalue weighted by Crippen LogP contribution is -2.47. The first kappa shape index (κ1) is 17.5. The van der Waals surface area contributed by atoms with E-state index in [1.807, 2.05) is 40.7 Å². The third-order valence-corrected chi connectivity index (χ3v) is 3.85. The van der Waals surface area contributed by atoms with Crippen molar-refractivity contribution in [3.63, 3.8) is 0 Å². The molecule has 1 rings (SSSR count). The van der Waals surface area contributed by atoms with Crippen LogP contribution >= 0.6 is 0 Å². The summed E-state index contributed by atoms with van der Waals surface area (Å²) in [5.74, 6) is -0.190. The Morgan fingerprint density at radius 1 is 1.48 bits per heavy atom. The number of hydrogen-bond acceptors (Lipinski definition) is 4. The molecule has 1 aliphatic rings. The summed E-state index contributed by atoms with van der Waals surface area (Å²) in [6, 6.07) is 0. The van der Waals surface area contributed by atoms with Crippen LogP contribution in [0.1, 0.15) is 47.5 Å². The lowest BCUT2D eigenvalue weighted by Gasteiger charge is -2.37. The number of ether oxygens (including phenoxy) is 2. The van der Waals surface area contributed by atoms with E-state index in [4.69, 9.17) is 9.47 Å². The number of methoxy groups -OCH3 is 1. The average Bonchev–Trinajstić information content (AvgIpc) is 2.36. The van der Waals surface area contributed by atoms with Crippen molar-refractivity contribution in [2.45, 2.75) is 53.6 Å². The van der Waals surface area contributed by atoms with Crippen LogP contribution in [0.3, 0.4) is 0 Å². The van der Waals surface area contributed by atoms with Gasteiger partial charge in [-0.05, 0) is 40.0 Å². The highest BCUT2D eigenvalue weighted by Crippen LogP contribution is 2.43. The highest BCUT2D eigenvalue weighted by molar-refractivity contribution is 6.10. The van der Waals surface area contributed by atoms with Gasteiger partial charge in [0.2, 0.25) is 0 Å². The average molecular weight is 294 g/mol. The Morgan fingerprint density at radius 2 is 2.10 bits per heavy atom. The van der Waals surface area contributed by atoms with Gasteiger partial charge in [0.15, 0.2) is 5.78 Å². The summed E-state index contributed by atoms with van der Waals surface area (Å²) in [5.41, 5.74) is -0.0537. The smallest absolute Gasteiger partial charge is 0.320 e. The molecule has 0 aromatic carbocycles. The number of carbonyl (C=O) groups excluding carboxylic acids is 2. The molecule has 4 heteroatoms. The summed E-state index contributed by atoms with van der Waals surface area (Å²) in [4.78, 5) is 25.0. The molecule has 0 aliphatic heterocycles. The lowest BCUT2D eigenvalue weighted by atomic mass is 9.66. The fourth-order valence-electron chi connectivity index (χ4n) is 2.67. The number of esters is 1. The summed E-state index contributed by atoms with van der Waals surface area (Å²) in [7, 11) is 1.33. The predicted molar refractivity (Wildman–Crippen MR) is 81.6 cm³/mol. The van der Waals surface area contributed by atoms with Crippen molar-refractivity contribution >= 4 is 11.8 Å². The van der Waals surface area contributed by atoms with E-state index in [0.29, 0.717) is 18.6 Å². The minimum Gasteiger partial charge on any atom is -0.495 e. The number of carbonyl (C=O) groups is 2. The van der Waals surface area contributed by atoms with Crippen LogP contribution in [0.2, 0.25) is 0 Å². The molecule has 0 spiro atoms. The summed E-state index contributed by atoms with van der Waals surface area (Å²) in [6.07, 6.45) is 4.34. The SMILES string of the molecule is COC(=O)C1(CC=C(C)C)C(=O)C=C(OC(C)C)CC1C. The van der Waals surface area contributed by atoms with Gasteiger partial charge in [-0.2, -0.15) is 0 Å². The molecule has 0 heterocycles. The van der Waals surface area contributed by atoms with Gasteiger partial charge in [0.1, 0.15) is 11.2 Å². The zero-order valence-corrected chi connectivity index (χ0v) is 13.9. The van der Waals surface area contributed by atoms with Crippen LogP contribution in [0, 0.1) is 11.3 Å². The van der Waals surface area contributed by atoms with Gasteiger partial charge in [-0.3, -0.25) is 9.59 Å². The van der Waals surface area contributed by atoms with E-state index in [9.17, 15) is 9.59 Å². The number of ketones is 1. The maximum Gasteiger partial charge on any atom is 0.320 e. The summed E-state index contributed by atoms with van der Waals surface area (Å²) in [5, 5.41) is 0. The fraction of sp³-hybridized carbons (Fsp3) is 0.647. The molecule has 0 saturated heterocycles. The highest BCUT2D eigenvalue weighted by Gasteiger charge is 2.52. The van der Waals surface area contributed by atoms with E-state index in [2.05, 4.69) is 0 Å². The largest absolute Gasteiger partial charge is 0.495 e. The van der Waals surface area contributed by atoms with Crippen molar-refractivity contribution in [2.75, 3.05) is 7.11 Å². The van der Waals surface area contributed by atoms with Crippen molar-refractivity contribution in [3.8, 4) is 0 Å². The van der Waals surface area contributed by atoms with Gasteiger partial charge < -0.3 is 9.47 Å². The second-order valence-electron chi connectivity index (χ2n) is 6.20. The molecule has 0 aromatic rings. The summed E-state index contributed by atoms with van der Waals surface area (Å²) >= 11 is 0. The standard InChI is InChI=1S/C17H26O4/c1-11(2)7-8-17(16(19)20-6)13(5)9-14(10-15(17)18)21-12(3)4/h7,10,12-13H,8-9H2,1-6H3. The maximum atomic E-state index is 12.6. The third-order valence-electron chi connectivity index (χ3n) is 3.85. The first-order valence-corrected chi connectivity index (χ1v) is 7.37. The molecule has 0 radical (unpaired) electrons. The van der Waals surface area contributed by atoms with Crippen LogP contribution in [0.25, 0.3) is 0 Å². The molecule has 4 nitrogen and oxygen atoms in total. The first-order chi connectivity index (χ1) is 9.73. The molecule has 2 atom stereocenters. The van der Waals surface area contributed by atoms with Gasteiger partial charge in [0, 0.05) is 12.5 Å². The Kier molecular flexibility index (Phi) is 5.76. The van der Waals surface area contributed by atoms with Crippen molar-refractivity contribution in [1.29, 1.82) is 0 Å². The van der Waals surface area contributed by atoms with Crippen molar-refractivity contribution in [1.82, 2.24) is 0 Å². The number of allylic oxidation sites excluding steroid dienone is 4. The van der Waals surface area contributed by atoms with E-state index in [1.54, 1.807) is 0 Å². The lowest BCUT2D eigenvalue weighted by molar-refractivity contribution is -0.161. The Balaban J connectivity index is 3.19. The Bertz CT molecular complexity index is 469. The molecule has 21 heavy (non-hydrogen) atoms. The topological polar surface area (TPSA) is 52.6 Å². The van der Waals surface area contributed by atoms with Gasteiger partial charge in [-0.25, -0.2) is 0 Å². The van der Waals surface area contributed by atoms with E-state index in [0.717, 1.165) is 5.57 Å². The Morgan fingerprint density at radius 3 is 2.52 bits per heavy atom. The minimum atomic E-state index is -1.13. The molecular weight excluding hydrogens is 268 g/mol. The molecular formula is C17H26O4. The maximum absolute atomic E-state index is 12.6. The third kappa shape index (κ3) is 3.74. The van der Waals surface area contributed by atoms with Gasteiger partial charge in [-0.15, -0.1) is 0 Å². The monoisotopic (exact) mass is 294 g/mol. The molecule has 0 amide bonds. The highest BCUT2D eigenvalue weighted by atomic mass is 16.5. The van der Waals surface area contributed by atoms with E-state index >= 15 is 0 Å². The summed E-state index contributed by atoms with van der Waals surface area (Å²) < 4.78 is 10.6. The predicted octanol–water partition coefficient (Wildman–Crippen LogP) is 3.42. The van der Waals surface area contributed by atoms with Crippen molar-refractivity contribution in [2.24, 2.45) is 11.3 Å². The first-order valence-electron chi connectivity index (χ1n) is 7.37. The molecule has 1 aliphatic carbocycles. The fourth-order valence-corrected chi connectivity index (χ4v) is 2.67. The van der Waals surface area contributed by atoms with Crippen LogP contribution < -0.4 is 0 Å². The second kappa shape index (κ2) is 6.92. The molecule has 2 unspecified atom stereocenters. The van der Waals surface area contributed by atoms with Crippen LogP contribution in [0.15, 0.2) is 23.5 Å². The van der Waals surface area contributed by atoms with E-state index in [1.165, 1.54) is 13.2 Å². The van der Waals surface area contributed by atoms with E-state index in [-0.39, 0.29) is 17.8 Å². The van der Waals surface area contributed by atoms with Gasteiger partial charge in [0.25, 0.3) is 0 Å². The van der Waals surface area contributed by atoms with Crippen LogP contribution in [-0.4, -0.2) is 25.0 Å². The van der Waals surface area contributed by atoms with Gasteiger partial charge in [-0.1, -0.05) is 18.6 Å². The van der Waals surface area contributed by atoms with Crippen LogP contribution in [-0.2, 0) is 19.1 Å². The second-order valence-corrected chi connectivity index (χ2v) is 6.20. The number of rotatable bonds is 5. The summed E-state index contributed by atoms with van der Waals surface area (Å²) in [6.45, 7) is 9.64. The molecule has 0 aromatic heterocycles.